The number of fused-ring (bicyclic) bond motifs is 1. The number of sulfone groups is 1. The minimum absolute atomic E-state index is 0.328. The van der Waals surface area contributed by atoms with Crippen LogP contribution in [0.2, 0.25) is 0 Å². The fourth-order valence-corrected chi connectivity index (χ4v) is 3.93. The van der Waals surface area contributed by atoms with E-state index in [0.717, 1.165) is 27.9 Å². The highest BCUT2D eigenvalue weighted by Crippen LogP contribution is 2.38. The van der Waals surface area contributed by atoms with Crippen LogP contribution in [-0.2, 0) is 9.84 Å². The van der Waals surface area contributed by atoms with Crippen LogP contribution >= 0.6 is 0 Å². The summed E-state index contributed by atoms with van der Waals surface area (Å²) in [6, 6.07) is 23.7. The number of nitrogens with one attached hydrogen (secondary N) is 1. The van der Waals surface area contributed by atoms with Gasteiger partial charge in [0, 0.05) is 22.7 Å². The maximum absolute atomic E-state index is 11.7. The predicted octanol–water partition coefficient (Wildman–Crippen LogP) is 5.21. The molecule has 4 aromatic rings. The molecule has 4 heteroatoms. The zero-order valence-corrected chi connectivity index (χ0v) is 15.5. The Balaban J connectivity index is 1.98. The number of aryl methyl sites for hydroxylation is 1. The average molecular weight is 361 g/mol. The summed E-state index contributed by atoms with van der Waals surface area (Å²) < 4.78 is 23.5. The molecule has 1 heterocycles. The van der Waals surface area contributed by atoms with Crippen molar-refractivity contribution >= 4 is 20.7 Å². The van der Waals surface area contributed by atoms with Gasteiger partial charge in [-0.3, -0.25) is 0 Å². The van der Waals surface area contributed by atoms with Gasteiger partial charge in [-0.1, -0.05) is 54.1 Å². The fraction of sp³-hybridized carbons (Fsp3) is 0.0909. The van der Waals surface area contributed by atoms with E-state index in [1.54, 1.807) is 12.1 Å². The molecule has 0 spiro atoms. The molecule has 26 heavy (non-hydrogen) atoms. The van der Waals surface area contributed by atoms with Crippen LogP contribution in [0.3, 0.4) is 0 Å². The van der Waals surface area contributed by atoms with Crippen molar-refractivity contribution in [3.63, 3.8) is 0 Å². The quantitative estimate of drug-likeness (QED) is 0.544. The van der Waals surface area contributed by atoms with Gasteiger partial charge in [0.05, 0.1) is 10.6 Å². The van der Waals surface area contributed by atoms with Crippen molar-refractivity contribution in [1.29, 1.82) is 0 Å². The zero-order chi connectivity index (χ0) is 18.3. The molecule has 1 aromatic heterocycles. The Labute approximate surface area is 153 Å². The van der Waals surface area contributed by atoms with Crippen molar-refractivity contribution in [3.8, 4) is 22.4 Å². The second-order valence-electron chi connectivity index (χ2n) is 6.59. The third kappa shape index (κ3) is 2.93. The largest absolute Gasteiger partial charge is 0.354 e. The second-order valence-corrected chi connectivity index (χ2v) is 8.60. The van der Waals surface area contributed by atoms with Gasteiger partial charge < -0.3 is 4.98 Å². The highest BCUT2D eigenvalue weighted by molar-refractivity contribution is 7.90. The number of hydrogen-bond donors (Lipinski definition) is 1. The summed E-state index contributed by atoms with van der Waals surface area (Å²) in [5, 5.41) is 1.17. The van der Waals surface area contributed by atoms with Crippen LogP contribution in [0.25, 0.3) is 33.3 Å². The molecule has 0 fully saturated rings. The van der Waals surface area contributed by atoms with Gasteiger partial charge in [0.25, 0.3) is 0 Å². The summed E-state index contributed by atoms with van der Waals surface area (Å²) in [6.45, 7) is 2.09. The minimum atomic E-state index is -3.20. The highest BCUT2D eigenvalue weighted by atomic mass is 32.2. The number of H-pyrrole nitrogens is 1. The van der Waals surface area contributed by atoms with Crippen LogP contribution in [0.15, 0.2) is 77.7 Å². The molecule has 0 saturated heterocycles. The SMILES string of the molecule is Cc1ccc2[nH]c(-c3ccc(S(C)(=O)=O)cc3)c(-c3ccccc3)c2c1. The first-order chi connectivity index (χ1) is 12.4. The molecule has 130 valence electrons. The topological polar surface area (TPSA) is 49.9 Å². The Morgan fingerprint density at radius 2 is 1.50 bits per heavy atom. The van der Waals surface area contributed by atoms with E-state index in [1.165, 1.54) is 17.2 Å². The molecule has 0 aliphatic rings. The summed E-state index contributed by atoms with van der Waals surface area (Å²) in [5.41, 5.74) is 6.49. The highest BCUT2D eigenvalue weighted by Gasteiger charge is 2.16. The molecule has 0 aliphatic carbocycles. The lowest BCUT2D eigenvalue weighted by atomic mass is 9.98. The first-order valence-electron chi connectivity index (χ1n) is 8.42. The molecule has 0 bridgehead atoms. The first kappa shape index (κ1) is 16.6. The molecule has 4 rings (SSSR count). The van der Waals surface area contributed by atoms with Gasteiger partial charge in [0.15, 0.2) is 9.84 Å². The van der Waals surface area contributed by atoms with Crippen molar-refractivity contribution in [2.45, 2.75) is 11.8 Å². The maximum atomic E-state index is 11.7. The third-order valence-corrected chi connectivity index (χ3v) is 5.72. The zero-order valence-electron chi connectivity index (χ0n) is 14.7. The Hall–Kier alpha value is -2.85. The predicted molar refractivity (Wildman–Crippen MR) is 107 cm³/mol. The van der Waals surface area contributed by atoms with E-state index in [0.29, 0.717) is 4.90 Å². The van der Waals surface area contributed by atoms with E-state index < -0.39 is 9.84 Å². The van der Waals surface area contributed by atoms with Gasteiger partial charge in [-0.05, 0) is 42.3 Å². The van der Waals surface area contributed by atoms with Crippen LogP contribution < -0.4 is 0 Å². The van der Waals surface area contributed by atoms with Gasteiger partial charge in [-0.15, -0.1) is 0 Å². The molecule has 0 saturated carbocycles. The summed E-state index contributed by atoms with van der Waals surface area (Å²) in [6.07, 6.45) is 1.23. The smallest absolute Gasteiger partial charge is 0.175 e. The Kier molecular flexibility index (Phi) is 3.93. The molecule has 1 N–H and O–H groups in total. The van der Waals surface area contributed by atoms with E-state index in [-0.39, 0.29) is 0 Å². The van der Waals surface area contributed by atoms with E-state index in [1.807, 2.05) is 30.3 Å². The molecule has 3 aromatic carbocycles. The number of hydrogen-bond acceptors (Lipinski definition) is 2. The van der Waals surface area contributed by atoms with Gasteiger partial charge >= 0.3 is 0 Å². The summed E-state index contributed by atoms with van der Waals surface area (Å²) in [5.74, 6) is 0. The van der Waals surface area contributed by atoms with E-state index in [4.69, 9.17) is 0 Å². The number of rotatable bonds is 3. The Morgan fingerprint density at radius 1 is 0.808 bits per heavy atom. The van der Waals surface area contributed by atoms with Crippen molar-refractivity contribution in [2.75, 3.05) is 6.26 Å². The summed E-state index contributed by atoms with van der Waals surface area (Å²) >= 11 is 0. The first-order valence-corrected chi connectivity index (χ1v) is 10.3. The lowest BCUT2D eigenvalue weighted by molar-refractivity contribution is 0.602. The van der Waals surface area contributed by atoms with Crippen LogP contribution in [-0.4, -0.2) is 19.7 Å². The van der Waals surface area contributed by atoms with E-state index >= 15 is 0 Å². The number of aromatic amines is 1. The molecule has 3 nitrogen and oxygen atoms in total. The summed E-state index contributed by atoms with van der Waals surface area (Å²) in [4.78, 5) is 3.84. The van der Waals surface area contributed by atoms with Gasteiger partial charge in [0.2, 0.25) is 0 Å². The Morgan fingerprint density at radius 3 is 2.15 bits per heavy atom. The molecule has 0 aliphatic heterocycles. The second kappa shape index (κ2) is 6.15. The minimum Gasteiger partial charge on any atom is -0.354 e. The Bertz CT molecular complexity index is 1190. The number of aromatic nitrogens is 1. The van der Waals surface area contributed by atoms with Gasteiger partial charge in [-0.2, -0.15) is 0 Å². The molecule has 0 radical (unpaired) electrons. The fourth-order valence-electron chi connectivity index (χ4n) is 3.30. The normalized spacial score (nSPS) is 11.8. The monoisotopic (exact) mass is 361 g/mol. The molecule has 0 amide bonds. The van der Waals surface area contributed by atoms with E-state index in [9.17, 15) is 8.42 Å². The van der Waals surface area contributed by atoms with Crippen LogP contribution in [0.4, 0.5) is 0 Å². The molecular weight excluding hydrogens is 342 g/mol. The van der Waals surface area contributed by atoms with Crippen molar-refractivity contribution < 1.29 is 8.42 Å². The average Bonchev–Trinajstić information content (AvgIpc) is 3.00. The summed E-state index contributed by atoms with van der Waals surface area (Å²) in [7, 11) is -3.20. The number of benzene rings is 3. The van der Waals surface area contributed by atoms with Gasteiger partial charge in [0.1, 0.15) is 0 Å². The van der Waals surface area contributed by atoms with Crippen LogP contribution in [0.5, 0.6) is 0 Å². The maximum Gasteiger partial charge on any atom is 0.175 e. The lowest BCUT2D eigenvalue weighted by Gasteiger charge is -2.07. The van der Waals surface area contributed by atoms with Crippen molar-refractivity contribution in [2.24, 2.45) is 0 Å². The third-order valence-electron chi connectivity index (χ3n) is 4.59. The van der Waals surface area contributed by atoms with Crippen LogP contribution in [0, 0.1) is 6.92 Å². The lowest BCUT2D eigenvalue weighted by Crippen LogP contribution is -1.96. The van der Waals surface area contributed by atoms with Crippen molar-refractivity contribution in [1.82, 2.24) is 4.98 Å². The molecular formula is C22H19NO2S. The standard InChI is InChI=1S/C22H19NO2S/c1-15-8-13-20-19(14-15)21(16-6-4-3-5-7-16)22(23-20)17-9-11-18(12-10-17)26(2,24)25/h3-14,23H,1-2H3. The van der Waals surface area contributed by atoms with Gasteiger partial charge in [-0.25, -0.2) is 8.42 Å². The molecule has 0 unspecified atom stereocenters. The van der Waals surface area contributed by atoms with E-state index in [2.05, 4.69) is 42.2 Å². The van der Waals surface area contributed by atoms with Crippen LogP contribution in [0.1, 0.15) is 5.56 Å². The molecule has 0 atom stereocenters. The van der Waals surface area contributed by atoms with Crippen molar-refractivity contribution in [3.05, 3.63) is 78.4 Å².